The second-order valence-electron chi connectivity index (χ2n) is 6.68. The lowest BCUT2D eigenvalue weighted by Crippen LogP contribution is -2.19. The van der Waals surface area contributed by atoms with Crippen LogP contribution in [-0.2, 0) is 32.3 Å². The smallest absolute Gasteiger partial charge is 0.335 e. The summed E-state index contributed by atoms with van der Waals surface area (Å²) in [5.41, 5.74) is 3.75. The largest absolute Gasteiger partial charge is 0.457 e. The summed E-state index contributed by atoms with van der Waals surface area (Å²) in [6.45, 7) is 2.40. The molecule has 0 fully saturated rings. The van der Waals surface area contributed by atoms with Crippen LogP contribution in [0.5, 0.6) is 0 Å². The molecule has 2 aromatic carbocycles. The van der Waals surface area contributed by atoms with Crippen LogP contribution >= 0.6 is 0 Å². The zero-order chi connectivity index (χ0) is 19.8. The van der Waals surface area contributed by atoms with Gasteiger partial charge in [-0.3, -0.25) is 0 Å². The maximum Gasteiger partial charge on any atom is 0.335 e. The fraction of sp³-hybridized carbons (Fsp3) is 0.250. The molecule has 0 heterocycles. The molecule has 4 heteroatoms. The Bertz CT molecular complexity index is 879. The molecule has 0 radical (unpaired) electrons. The van der Waals surface area contributed by atoms with E-state index >= 15 is 0 Å². The number of hydrogen-bond donors (Lipinski definition) is 0. The average molecular weight is 376 g/mol. The van der Waals surface area contributed by atoms with Gasteiger partial charge >= 0.3 is 11.9 Å². The predicted octanol–water partition coefficient (Wildman–Crippen LogP) is 4.90. The van der Waals surface area contributed by atoms with Crippen molar-refractivity contribution in [1.82, 2.24) is 0 Å². The van der Waals surface area contributed by atoms with E-state index in [1.165, 1.54) is 0 Å². The lowest BCUT2D eigenvalue weighted by molar-refractivity contribution is -0.143. The lowest BCUT2D eigenvalue weighted by Gasteiger charge is -2.19. The number of rotatable bonds is 7. The normalized spacial score (nSPS) is 13.7. The van der Waals surface area contributed by atoms with Gasteiger partial charge in [0.25, 0.3) is 0 Å². The number of benzene rings is 2. The van der Waals surface area contributed by atoms with Gasteiger partial charge in [0.2, 0.25) is 0 Å². The van der Waals surface area contributed by atoms with Crippen molar-refractivity contribution in [3.8, 4) is 0 Å². The topological polar surface area (TPSA) is 52.6 Å². The molecule has 4 nitrogen and oxygen atoms in total. The van der Waals surface area contributed by atoms with E-state index in [-0.39, 0.29) is 13.2 Å². The van der Waals surface area contributed by atoms with Crippen LogP contribution in [0.1, 0.15) is 37.3 Å². The number of carbonyl (C=O) groups is 2. The molecule has 0 spiro atoms. The van der Waals surface area contributed by atoms with Crippen LogP contribution in [0.3, 0.4) is 0 Å². The zero-order valence-corrected chi connectivity index (χ0v) is 16.0. The minimum absolute atomic E-state index is 0.180. The summed E-state index contributed by atoms with van der Waals surface area (Å²) in [7, 11) is 0. The summed E-state index contributed by atoms with van der Waals surface area (Å²) in [5.74, 6) is -0.906. The first-order valence-electron chi connectivity index (χ1n) is 9.49. The zero-order valence-electron chi connectivity index (χ0n) is 16.0. The van der Waals surface area contributed by atoms with Crippen molar-refractivity contribution < 1.29 is 19.1 Å². The number of hydrogen-bond acceptors (Lipinski definition) is 4. The van der Waals surface area contributed by atoms with Crippen LogP contribution in [0.2, 0.25) is 0 Å². The summed E-state index contributed by atoms with van der Waals surface area (Å²) >= 11 is 0. The molecule has 28 heavy (non-hydrogen) atoms. The van der Waals surface area contributed by atoms with Gasteiger partial charge in [0.05, 0.1) is 11.1 Å². The Balaban J connectivity index is 1.70. The molecule has 2 aromatic rings. The first-order chi connectivity index (χ1) is 13.7. The molecule has 0 aromatic heterocycles. The molecule has 0 aliphatic heterocycles. The molecular formula is C24H24O4. The molecular weight excluding hydrogens is 352 g/mol. The first-order valence-corrected chi connectivity index (χ1v) is 9.49. The molecule has 0 saturated heterocycles. The summed E-state index contributed by atoms with van der Waals surface area (Å²) in [6.07, 6.45) is 3.67. The minimum Gasteiger partial charge on any atom is -0.457 e. The molecule has 144 valence electrons. The molecule has 1 aliphatic rings. The average Bonchev–Trinajstić information content (AvgIpc) is 2.76. The molecule has 0 saturated carbocycles. The van der Waals surface area contributed by atoms with Crippen LogP contribution in [0.4, 0.5) is 0 Å². The minimum atomic E-state index is -0.457. The van der Waals surface area contributed by atoms with Crippen LogP contribution in [0.25, 0.3) is 0 Å². The number of carbonyl (C=O) groups excluding carboxylic acids is 2. The molecule has 1 aliphatic carbocycles. The van der Waals surface area contributed by atoms with Gasteiger partial charge in [0.1, 0.15) is 13.2 Å². The van der Waals surface area contributed by atoms with Gasteiger partial charge in [-0.1, -0.05) is 79.2 Å². The Kier molecular flexibility index (Phi) is 6.79. The van der Waals surface area contributed by atoms with Gasteiger partial charge < -0.3 is 9.47 Å². The van der Waals surface area contributed by atoms with Gasteiger partial charge in [0, 0.05) is 6.42 Å². The number of allylic oxidation sites excluding steroid dienone is 2. The van der Waals surface area contributed by atoms with Gasteiger partial charge in [-0.2, -0.15) is 0 Å². The van der Waals surface area contributed by atoms with Gasteiger partial charge in [-0.25, -0.2) is 9.59 Å². The summed E-state index contributed by atoms with van der Waals surface area (Å²) in [5, 5.41) is 0. The van der Waals surface area contributed by atoms with Gasteiger partial charge in [-0.05, 0) is 24.0 Å². The fourth-order valence-corrected chi connectivity index (χ4v) is 3.07. The predicted molar refractivity (Wildman–Crippen MR) is 107 cm³/mol. The standard InChI is InChI=1S/C24H24O4/c1-2-18-13-14-21(23(25)27-16-19-9-5-3-6-10-19)22(15-18)24(26)28-17-20-11-7-4-8-12-20/h3-13H,2,14-17H2,1H3. The van der Waals surface area contributed by atoms with E-state index in [2.05, 4.69) is 0 Å². The van der Waals surface area contributed by atoms with Crippen molar-refractivity contribution in [1.29, 1.82) is 0 Å². The van der Waals surface area contributed by atoms with Crippen molar-refractivity contribution in [2.75, 3.05) is 0 Å². The van der Waals surface area contributed by atoms with E-state index in [1.54, 1.807) is 0 Å². The summed E-state index contributed by atoms with van der Waals surface area (Å²) in [6, 6.07) is 19.0. The van der Waals surface area contributed by atoms with E-state index in [1.807, 2.05) is 73.7 Å². The Labute approximate surface area is 165 Å². The highest BCUT2D eigenvalue weighted by Crippen LogP contribution is 2.28. The van der Waals surface area contributed by atoms with E-state index in [9.17, 15) is 9.59 Å². The maximum absolute atomic E-state index is 12.7. The van der Waals surface area contributed by atoms with Crippen LogP contribution in [0.15, 0.2) is 83.5 Å². The SMILES string of the molecule is CCC1=CCC(C(=O)OCc2ccccc2)=C(C(=O)OCc2ccccc2)C1. The third-order valence-electron chi connectivity index (χ3n) is 4.74. The first kappa shape index (κ1) is 19.6. The molecule has 0 atom stereocenters. The van der Waals surface area contributed by atoms with E-state index in [0.717, 1.165) is 23.1 Å². The van der Waals surface area contributed by atoms with E-state index in [4.69, 9.17) is 9.47 Å². The molecule has 0 N–H and O–H groups in total. The summed E-state index contributed by atoms with van der Waals surface area (Å²) < 4.78 is 10.9. The highest BCUT2D eigenvalue weighted by atomic mass is 16.5. The van der Waals surface area contributed by atoms with Gasteiger partial charge in [0.15, 0.2) is 0 Å². The molecule has 0 unspecified atom stereocenters. The molecule has 0 bridgehead atoms. The monoisotopic (exact) mass is 376 g/mol. The highest BCUT2D eigenvalue weighted by Gasteiger charge is 2.26. The third kappa shape index (κ3) is 5.19. The van der Waals surface area contributed by atoms with Crippen LogP contribution in [-0.4, -0.2) is 11.9 Å². The quantitative estimate of drug-likeness (QED) is 0.509. The molecule has 3 rings (SSSR count). The Morgan fingerprint density at radius 3 is 1.79 bits per heavy atom. The van der Waals surface area contributed by atoms with Crippen LogP contribution < -0.4 is 0 Å². The van der Waals surface area contributed by atoms with Crippen LogP contribution in [0, 0.1) is 0 Å². The Morgan fingerprint density at radius 2 is 1.29 bits per heavy atom. The van der Waals surface area contributed by atoms with Crippen molar-refractivity contribution in [2.45, 2.75) is 39.4 Å². The number of ether oxygens (including phenoxy) is 2. The van der Waals surface area contributed by atoms with Crippen molar-refractivity contribution in [3.63, 3.8) is 0 Å². The second-order valence-corrected chi connectivity index (χ2v) is 6.68. The second kappa shape index (κ2) is 9.70. The lowest BCUT2D eigenvalue weighted by atomic mass is 9.90. The van der Waals surface area contributed by atoms with E-state index in [0.29, 0.717) is 24.0 Å². The van der Waals surface area contributed by atoms with Crippen molar-refractivity contribution in [2.24, 2.45) is 0 Å². The van der Waals surface area contributed by atoms with E-state index < -0.39 is 11.9 Å². The van der Waals surface area contributed by atoms with Crippen molar-refractivity contribution >= 4 is 11.9 Å². The number of esters is 2. The maximum atomic E-state index is 12.7. The fourth-order valence-electron chi connectivity index (χ4n) is 3.07. The third-order valence-corrected chi connectivity index (χ3v) is 4.74. The molecule has 0 amide bonds. The summed E-state index contributed by atoms with van der Waals surface area (Å²) in [4.78, 5) is 25.3. The van der Waals surface area contributed by atoms with Gasteiger partial charge in [-0.15, -0.1) is 0 Å². The Morgan fingerprint density at radius 1 is 0.786 bits per heavy atom. The Hall–Kier alpha value is -3.14. The van der Waals surface area contributed by atoms with Crippen molar-refractivity contribution in [3.05, 3.63) is 94.6 Å². The highest BCUT2D eigenvalue weighted by molar-refractivity contribution is 6.01.